The standard InChI is InChI=1S/C21H29N3O/c22-21(24-23)19-15-9-10-16-20(19)25-17-11-4-2-1-3-6-12-18-13-7-5-8-14-18/h5,7-10,13-16H,1-4,6,11-12,17,23H2,(H2,22,24). The molecule has 0 fully saturated rings. The molecular weight excluding hydrogens is 310 g/mol. The summed E-state index contributed by atoms with van der Waals surface area (Å²) in [6, 6.07) is 18.3. The van der Waals surface area contributed by atoms with E-state index in [0.29, 0.717) is 12.4 Å². The molecule has 0 aliphatic rings. The highest BCUT2D eigenvalue weighted by atomic mass is 16.5. The van der Waals surface area contributed by atoms with E-state index in [2.05, 4.69) is 35.4 Å². The molecule has 2 aromatic carbocycles. The van der Waals surface area contributed by atoms with Crippen molar-refractivity contribution in [3.8, 4) is 5.75 Å². The van der Waals surface area contributed by atoms with Crippen LogP contribution in [0.25, 0.3) is 0 Å². The molecule has 134 valence electrons. The predicted octanol–water partition coefficient (Wildman–Crippen LogP) is 4.23. The lowest BCUT2D eigenvalue weighted by atomic mass is 10.1. The summed E-state index contributed by atoms with van der Waals surface area (Å²) in [5.74, 6) is 6.30. The van der Waals surface area contributed by atoms with Crippen molar-refractivity contribution >= 4 is 5.84 Å². The van der Waals surface area contributed by atoms with E-state index in [0.717, 1.165) is 17.7 Å². The molecule has 4 N–H and O–H groups in total. The van der Waals surface area contributed by atoms with Gasteiger partial charge in [-0.1, -0.05) is 68.1 Å². The van der Waals surface area contributed by atoms with Gasteiger partial charge in [-0.05, 0) is 37.0 Å². The molecule has 0 aromatic heterocycles. The van der Waals surface area contributed by atoms with Crippen LogP contribution in [0, 0.1) is 0 Å². The number of hydrazone groups is 1. The van der Waals surface area contributed by atoms with Crippen LogP contribution in [0.15, 0.2) is 59.7 Å². The van der Waals surface area contributed by atoms with Crippen LogP contribution in [0.4, 0.5) is 0 Å². The highest BCUT2D eigenvalue weighted by Gasteiger charge is 2.06. The number of aryl methyl sites for hydroxylation is 1. The Morgan fingerprint density at radius 1 is 0.800 bits per heavy atom. The van der Waals surface area contributed by atoms with Gasteiger partial charge in [0.25, 0.3) is 0 Å². The van der Waals surface area contributed by atoms with Gasteiger partial charge in [-0.3, -0.25) is 0 Å². The third-order valence-corrected chi connectivity index (χ3v) is 4.26. The van der Waals surface area contributed by atoms with Gasteiger partial charge in [0.2, 0.25) is 0 Å². The van der Waals surface area contributed by atoms with E-state index in [1.807, 2.05) is 24.3 Å². The molecule has 2 rings (SSSR count). The highest BCUT2D eigenvalue weighted by molar-refractivity contribution is 5.99. The van der Waals surface area contributed by atoms with Crippen LogP contribution in [0.5, 0.6) is 5.75 Å². The second-order valence-electron chi connectivity index (χ2n) is 6.22. The highest BCUT2D eigenvalue weighted by Crippen LogP contribution is 2.18. The first kappa shape index (κ1) is 18.8. The number of nitrogens with zero attached hydrogens (tertiary/aromatic N) is 1. The van der Waals surface area contributed by atoms with Crippen molar-refractivity contribution in [2.75, 3.05) is 6.61 Å². The molecule has 0 saturated carbocycles. The molecule has 2 aromatic rings. The van der Waals surface area contributed by atoms with E-state index in [1.165, 1.54) is 44.1 Å². The second kappa shape index (κ2) is 11.1. The molecule has 0 unspecified atom stereocenters. The Kier molecular flexibility index (Phi) is 8.39. The van der Waals surface area contributed by atoms with Crippen LogP contribution in [0.3, 0.4) is 0 Å². The van der Waals surface area contributed by atoms with Crippen molar-refractivity contribution in [2.45, 2.75) is 44.9 Å². The van der Waals surface area contributed by atoms with Gasteiger partial charge in [-0.2, -0.15) is 5.10 Å². The molecule has 4 heteroatoms. The number of unbranched alkanes of at least 4 members (excludes halogenated alkanes) is 5. The van der Waals surface area contributed by atoms with Gasteiger partial charge in [-0.25, -0.2) is 0 Å². The molecule has 4 nitrogen and oxygen atoms in total. The molecule has 0 bridgehead atoms. The number of amidine groups is 1. The van der Waals surface area contributed by atoms with Crippen LogP contribution in [0.1, 0.15) is 49.7 Å². The zero-order valence-electron chi connectivity index (χ0n) is 14.9. The molecule has 0 aliphatic heterocycles. The van der Waals surface area contributed by atoms with Crippen LogP contribution in [-0.4, -0.2) is 12.4 Å². The van der Waals surface area contributed by atoms with Crippen molar-refractivity contribution in [3.05, 3.63) is 65.7 Å². The number of benzene rings is 2. The summed E-state index contributed by atoms with van der Waals surface area (Å²) < 4.78 is 5.83. The average Bonchev–Trinajstić information content (AvgIpc) is 2.67. The zero-order chi connectivity index (χ0) is 17.7. The quantitative estimate of drug-likeness (QED) is 0.211. The Bertz CT molecular complexity index is 641. The van der Waals surface area contributed by atoms with Crippen LogP contribution < -0.4 is 16.3 Å². The molecule has 0 heterocycles. The van der Waals surface area contributed by atoms with Crippen molar-refractivity contribution in [1.82, 2.24) is 0 Å². The Balaban J connectivity index is 1.54. The average molecular weight is 339 g/mol. The minimum atomic E-state index is 0.300. The molecule has 0 saturated heterocycles. The number of ether oxygens (including phenoxy) is 1. The second-order valence-corrected chi connectivity index (χ2v) is 6.22. The molecule has 0 radical (unpaired) electrons. The third-order valence-electron chi connectivity index (χ3n) is 4.26. The first-order valence-electron chi connectivity index (χ1n) is 9.10. The lowest BCUT2D eigenvalue weighted by Crippen LogP contribution is -2.17. The molecule has 0 spiro atoms. The first-order chi connectivity index (χ1) is 12.3. The number of para-hydroxylation sites is 1. The summed E-state index contributed by atoms with van der Waals surface area (Å²) in [5, 5.41) is 3.54. The van der Waals surface area contributed by atoms with Gasteiger partial charge in [-0.15, -0.1) is 0 Å². The van der Waals surface area contributed by atoms with E-state index < -0.39 is 0 Å². The lowest BCUT2D eigenvalue weighted by molar-refractivity contribution is 0.304. The lowest BCUT2D eigenvalue weighted by Gasteiger charge is -2.10. The fraction of sp³-hybridized carbons (Fsp3) is 0.381. The van der Waals surface area contributed by atoms with Crippen molar-refractivity contribution in [1.29, 1.82) is 0 Å². The topological polar surface area (TPSA) is 73.6 Å². The summed E-state index contributed by atoms with van der Waals surface area (Å²) in [6.45, 7) is 0.693. The Morgan fingerprint density at radius 2 is 1.44 bits per heavy atom. The number of hydrogen-bond acceptors (Lipinski definition) is 3. The van der Waals surface area contributed by atoms with Gasteiger partial charge >= 0.3 is 0 Å². The Hall–Kier alpha value is -2.49. The summed E-state index contributed by atoms with van der Waals surface area (Å²) >= 11 is 0. The van der Waals surface area contributed by atoms with E-state index in [9.17, 15) is 0 Å². The van der Waals surface area contributed by atoms with E-state index >= 15 is 0 Å². The minimum Gasteiger partial charge on any atom is -0.493 e. The molecule has 0 atom stereocenters. The zero-order valence-corrected chi connectivity index (χ0v) is 14.9. The summed E-state index contributed by atoms with van der Waals surface area (Å²) in [7, 11) is 0. The molecule has 0 amide bonds. The van der Waals surface area contributed by atoms with Crippen LogP contribution >= 0.6 is 0 Å². The third kappa shape index (κ3) is 6.87. The fourth-order valence-corrected chi connectivity index (χ4v) is 2.84. The van der Waals surface area contributed by atoms with Gasteiger partial charge < -0.3 is 16.3 Å². The minimum absolute atomic E-state index is 0.300. The first-order valence-corrected chi connectivity index (χ1v) is 9.10. The van der Waals surface area contributed by atoms with Crippen LogP contribution in [0.2, 0.25) is 0 Å². The number of rotatable bonds is 11. The molecule has 25 heavy (non-hydrogen) atoms. The summed E-state index contributed by atoms with van der Waals surface area (Å²) in [5.41, 5.74) is 7.98. The van der Waals surface area contributed by atoms with E-state index in [4.69, 9.17) is 16.3 Å². The maximum Gasteiger partial charge on any atom is 0.154 e. The van der Waals surface area contributed by atoms with E-state index in [-0.39, 0.29) is 0 Å². The maximum absolute atomic E-state index is 5.83. The van der Waals surface area contributed by atoms with Crippen molar-refractivity contribution in [2.24, 2.45) is 16.7 Å². The number of nitrogens with two attached hydrogens (primary N) is 2. The maximum atomic E-state index is 5.83. The largest absolute Gasteiger partial charge is 0.493 e. The molecular formula is C21H29N3O. The SMILES string of the molecule is N/N=C(\N)c1ccccc1OCCCCCCCCc1ccccc1. The summed E-state index contributed by atoms with van der Waals surface area (Å²) in [4.78, 5) is 0. The van der Waals surface area contributed by atoms with Gasteiger partial charge in [0.15, 0.2) is 5.84 Å². The normalized spacial score (nSPS) is 11.4. The Morgan fingerprint density at radius 3 is 2.20 bits per heavy atom. The summed E-state index contributed by atoms with van der Waals surface area (Å²) in [6.07, 6.45) is 8.53. The fourth-order valence-electron chi connectivity index (χ4n) is 2.84. The number of hydrogen-bond donors (Lipinski definition) is 2. The Labute approximate surface area is 150 Å². The predicted molar refractivity (Wildman–Crippen MR) is 105 cm³/mol. The monoisotopic (exact) mass is 339 g/mol. The van der Waals surface area contributed by atoms with Gasteiger partial charge in [0.05, 0.1) is 12.2 Å². The van der Waals surface area contributed by atoms with Crippen LogP contribution in [-0.2, 0) is 6.42 Å². The van der Waals surface area contributed by atoms with Crippen molar-refractivity contribution < 1.29 is 4.74 Å². The smallest absolute Gasteiger partial charge is 0.154 e. The van der Waals surface area contributed by atoms with Gasteiger partial charge in [0, 0.05) is 0 Å². The van der Waals surface area contributed by atoms with E-state index in [1.54, 1.807) is 0 Å². The van der Waals surface area contributed by atoms with Crippen molar-refractivity contribution in [3.63, 3.8) is 0 Å². The molecule has 0 aliphatic carbocycles. The van der Waals surface area contributed by atoms with Gasteiger partial charge in [0.1, 0.15) is 5.75 Å².